The maximum absolute atomic E-state index is 9.13. The number of pyridine rings is 2. The van der Waals surface area contributed by atoms with Gasteiger partial charge in [-0.25, -0.2) is 4.21 Å². The van der Waals surface area contributed by atoms with Gasteiger partial charge in [0.05, 0.1) is 65.3 Å². The molecule has 2 saturated carbocycles. The van der Waals surface area contributed by atoms with Crippen molar-refractivity contribution < 1.29 is 9.32 Å². The molecule has 4 heterocycles. The molecule has 8 rings (SSSR count). The minimum atomic E-state index is -1.67. The molecule has 2 aromatic heterocycles. The summed E-state index contributed by atoms with van der Waals surface area (Å²) in [6, 6.07) is 12.6. The molecule has 0 amide bonds. The molecule has 2 spiro atoms. The quantitative estimate of drug-likeness (QED) is 0.139. The third-order valence-electron chi connectivity index (χ3n) is 9.67. The van der Waals surface area contributed by atoms with Crippen LogP contribution < -0.4 is 10.6 Å². The molecular formula is C34H35Br2Cl3N6O2S. The number of nitrogens with zero attached hydrogens (tertiary/aromatic N) is 4. The van der Waals surface area contributed by atoms with E-state index in [0.29, 0.717) is 19.0 Å². The van der Waals surface area contributed by atoms with Gasteiger partial charge in [-0.15, -0.1) is 11.6 Å². The highest BCUT2D eigenvalue weighted by Gasteiger charge is 2.49. The highest BCUT2D eigenvalue weighted by molar-refractivity contribution is 9.10. The van der Waals surface area contributed by atoms with Gasteiger partial charge < -0.3 is 15.7 Å². The molecule has 254 valence electrons. The molecule has 0 atom stereocenters. The number of hydrogen-bond donors (Lipinski definition) is 3. The van der Waals surface area contributed by atoms with Crippen LogP contribution >= 0.6 is 64.8 Å². The first-order valence-corrected chi connectivity index (χ1v) is 20.9. The lowest BCUT2D eigenvalue weighted by Crippen LogP contribution is -2.32. The van der Waals surface area contributed by atoms with Crippen molar-refractivity contribution in [3.63, 3.8) is 0 Å². The van der Waals surface area contributed by atoms with Gasteiger partial charge in [0.1, 0.15) is 11.7 Å². The first-order valence-electron chi connectivity index (χ1n) is 15.9. The number of alkyl halides is 1. The molecule has 48 heavy (non-hydrogen) atoms. The van der Waals surface area contributed by atoms with E-state index < -0.39 is 9.23 Å². The first-order chi connectivity index (χ1) is 23.2. The van der Waals surface area contributed by atoms with Crippen LogP contribution in [-0.2, 0) is 20.1 Å². The fraction of sp³-hybridized carbons (Fsp3) is 0.412. The molecule has 2 aliphatic heterocycles. The minimum Gasteiger partial charge on any atom is -0.394 e. The Hall–Kier alpha value is -1.86. The summed E-state index contributed by atoms with van der Waals surface area (Å²) in [5.41, 5.74) is 6.99. The highest BCUT2D eigenvalue weighted by atomic mass is 79.9. The van der Waals surface area contributed by atoms with E-state index in [1.165, 1.54) is 47.6 Å². The Morgan fingerprint density at radius 3 is 1.58 bits per heavy atom. The van der Waals surface area contributed by atoms with Crippen LogP contribution in [0.1, 0.15) is 62.5 Å². The van der Waals surface area contributed by atoms with Gasteiger partial charge in [-0.3, -0.25) is 20.0 Å². The van der Waals surface area contributed by atoms with Crippen LogP contribution in [0, 0.1) is 0 Å². The number of benzene rings is 2. The predicted molar refractivity (Wildman–Crippen MR) is 209 cm³/mol. The molecule has 2 fully saturated rings. The predicted octanol–water partition coefficient (Wildman–Crippen LogP) is 9.54. The van der Waals surface area contributed by atoms with Gasteiger partial charge in [0.2, 0.25) is 9.23 Å². The van der Waals surface area contributed by atoms with Gasteiger partial charge in [0.25, 0.3) is 0 Å². The molecule has 0 unspecified atom stereocenters. The third-order valence-corrected chi connectivity index (χ3v) is 10.8. The molecule has 2 aliphatic carbocycles. The Kier molecular flexibility index (Phi) is 11.7. The van der Waals surface area contributed by atoms with Crippen molar-refractivity contribution in [2.45, 2.75) is 62.2 Å². The lowest BCUT2D eigenvalue weighted by atomic mass is 9.78. The molecule has 2 aromatic carbocycles. The van der Waals surface area contributed by atoms with Crippen molar-refractivity contribution in [1.82, 2.24) is 9.97 Å². The second kappa shape index (κ2) is 15.6. The van der Waals surface area contributed by atoms with E-state index >= 15 is 0 Å². The summed E-state index contributed by atoms with van der Waals surface area (Å²) >= 11 is 13.0. The Morgan fingerprint density at radius 1 is 0.771 bits per heavy atom. The maximum Gasteiger partial charge on any atom is 0.211 e. The Labute approximate surface area is 313 Å². The van der Waals surface area contributed by atoms with Crippen molar-refractivity contribution in [2.75, 3.05) is 36.2 Å². The van der Waals surface area contributed by atoms with E-state index in [1.807, 2.05) is 24.5 Å². The Bertz CT molecular complexity index is 1780. The molecule has 0 saturated heterocycles. The average molecular weight is 858 g/mol. The summed E-state index contributed by atoms with van der Waals surface area (Å²) in [6.07, 6.45) is 13.3. The summed E-state index contributed by atoms with van der Waals surface area (Å²) < 4.78 is 11.3. The fourth-order valence-corrected chi connectivity index (χ4v) is 8.72. The number of aliphatic hydroxyl groups excluding tert-OH is 1. The zero-order chi connectivity index (χ0) is 33.9. The molecule has 0 bridgehead atoms. The average Bonchev–Trinajstić information content (AvgIpc) is 3.87. The molecule has 3 N–H and O–H groups in total. The molecule has 0 radical (unpaired) electrons. The third kappa shape index (κ3) is 7.02. The van der Waals surface area contributed by atoms with Gasteiger partial charge in [0, 0.05) is 58.1 Å². The molecule has 14 heteroatoms. The topological polar surface area (TPSA) is 112 Å². The van der Waals surface area contributed by atoms with Crippen LogP contribution in [0.4, 0.5) is 11.4 Å². The number of halogens is 5. The van der Waals surface area contributed by atoms with E-state index in [4.69, 9.17) is 25.9 Å². The molecule has 4 aromatic rings. The highest BCUT2D eigenvalue weighted by Crippen LogP contribution is 2.53. The zero-order valence-corrected chi connectivity index (χ0v) is 32.3. The van der Waals surface area contributed by atoms with Crippen LogP contribution in [-0.4, -0.2) is 56.5 Å². The maximum atomic E-state index is 9.13. The number of aliphatic imine (C=N–C) groups is 2. The number of amidine groups is 2. The van der Waals surface area contributed by atoms with E-state index in [1.54, 1.807) is 0 Å². The largest absolute Gasteiger partial charge is 0.394 e. The Morgan fingerprint density at radius 2 is 1.19 bits per heavy atom. The lowest BCUT2D eigenvalue weighted by Gasteiger charge is -2.25. The number of fused-ring (bicyclic) bond motifs is 8. The van der Waals surface area contributed by atoms with E-state index in [2.05, 4.69) is 103 Å². The van der Waals surface area contributed by atoms with Crippen LogP contribution in [0.2, 0.25) is 0 Å². The number of nitrogens with one attached hydrogen (secondary N) is 2. The number of rotatable bonds is 4. The SMILES string of the molecule is ClCCN=C1Nc2cnc3ccc(Br)cc3c2C12CCCC2.O=S(Cl)Cl.OCCN=C1Nc2cnc3ccc(Br)cc3c2C12CCCC2. The minimum absolute atomic E-state index is 0.0213. The first kappa shape index (κ1) is 35.9. The van der Waals surface area contributed by atoms with E-state index in [0.717, 1.165) is 68.7 Å². The smallest absolute Gasteiger partial charge is 0.211 e. The van der Waals surface area contributed by atoms with Gasteiger partial charge in [-0.05, 0) is 62.1 Å². The number of hydrogen-bond acceptors (Lipinski definition) is 6. The number of anilines is 2. The molecule has 4 aliphatic rings. The standard InChI is InChI=1S/C17H17BrClN3.C17H18BrN3O.Cl2OS/c18-11-3-4-13-12(9-11)15-14(10-21-13)22-16(20-8-7-19)17(15)5-1-2-6-17;18-11-3-4-13-12(9-11)15-14(10-20-13)21-16(19-7-8-22)17(15)5-1-2-6-17;1-4(2)3/h3-4,9-10H,1-2,5-8H2,(H,20,22);3-4,9-10,22H,1-2,5-8H2,(H,19,21);. The zero-order valence-electron chi connectivity index (χ0n) is 26.0. The second-order valence-electron chi connectivity index (χ2n) is 12.3. The van der Waals surface area contributed by atoms with Crippen molar-refractivity contribution in [3.8, 4) is 0 Å². The fourth-order valence-electron chi connectivity index (χ4n) is 7.91. The lowest BCUT2D eigenvalue weighted by molar-refractivity contribution is 0.306. The van der Waals surface area contributed by atoms with Gasteiger partial charge in [0.15, 0.2) is 0 Å². The number of aliphatic hydroxyl groups is 1. The second-order valence-corrected chi connectivity index (χ2v) is 17.0. The monoisotopic (exact) mass is 854 g/mol. The van der Waals surface area contributed by atoms with E-state index in [9.17, 15) is 0 Å². The summed E-state index contributed by atoms with van der Waals surface area (Å²) in [7, 11) is 7.36. The van der Waals surface area contributed by atoms with Crippen molar-refractivity contribution in [1.29, 1.82) is 0 Å². The van der Waals surface area contributed by atoms with Crippen molar-refractivity contribution >= 4 is 119 Å². The van der Waals surface area contributed by atoms with Crippen molar-refractivity contribution in [2.24, 2.45) is 9.98 Å². The van der Waals surface area contributed by atoms with Crippen molar-refractivity contribution in [3.05, 3.63) is 68.9 Å². The summed E-state index contributed by atoms with van der Waals surface area (Å²) in [5.74, 6) is 2.67. The molecule has 8 nitrogen and oxygen atoms in total. The molecular weight excluding hydrogens is 823 g/mol. The summed E-state index contributed by atoms with van der Waals surface area (Å²) in [5, 5.41) is 18.6. The van der Waals surface area contributed by atoms with Gasteiger partial charge in [-0.1, -0.05) is 57.5 Å². The van der Waals surface area contributed by atoms with Gasteiger partial charge >= 0.3 is 0 Å². The van der Waals surface area contributed by atoms with Crippen LogP contribution in [0.25, 0.3) is 21.8 Å². The summed E-state index contributed by atoms with van der Waals surface area (Å²) in [6.45, 7) is 1.20. The van der Waals surface area contributed by atoms with Crippen LogP contribution in [0.5, 0.6) is 0 Å². The normalized spacial score (nSPS) is 19.7. The van der Waals surface area contributed by atoms with Crippen LogP contribution in [0.15, 0.2) is 67.7 Å². The van der Waals surface area contributed by atoms with E-state index in [-0.39, 0.29) is 17.4 Å². The van der Waals surface area contributed by atoms with Gasteiger partial charge in [-0.2, -0.15) is 0 Å². The Balaban J connectivity index is 0.000000151. The number of aromatic nitrogens is 2. The van der Waals surface area contributed by atoms with Crippen LogP contribution in [0.3, 0.4) is 0 Å². The summed E-state index contributed by atoms with van der Waals surface area (Å²) in [4.78, 5) is 18.6.